The second kappa shape index (κ2) is 7.27. The van der Waals surface area contributed by atoms with Gasteiger partial charge in [-0.05, 0) is 49.2 Å². The number of rotatable bonds is 6. The average molecular weight is 373 g/mol. The topological polar surface area (TPSA) is 94.3 Å². The predicted octanol–water partition coefficient (Wildman–Crippen LogP) is 2.84. The summed E-state index contributed by atoms with van der Waals surface area (Å²) in [4.78, 5) is 0.241. The Morgan fingerprint density at radius 2 is 1.92 bits per heavy atom. The molecule has 7 nitrogen and oxygen atoms in total. The number of hydrogen-bond donors (Lipinski definition) is 1. The number of ether oxygens (including phenoxy) is 1. The van der Waals surface area contributed by atoms with E-state index in [9.17, 15) is 8.42 Å². The smallest absolute Gasteiger partial charge is 0.247 e. The molecule has 2 aromatic carbocycles. The van der Waals surface area contributed by atoms with Crippen LogP contribution in [0.3, 0.4) is 0 Å². The molecule has 3 rings (SSSR count). The highest BCUT2D eigenvalue weighted by Crippen LogP contribution is 2.23. The van der Waals surface area contributed by atoms with Crippen LogP contribution < -0.4 is 9.46 Å². The van der Waals surface area contributed by atoms with Crippen molar-refractivity contribution in [1.82, 2.24) is 14.9 Å². The minimum absolute atomic E-state index is 0.0906. The molecule has 0 aliphatic heterocycles. The van der Waals surface area contributed by atoms with Crippen LogP contribution in [0.4, 0.5) is 0 Å². The predicted molar refractivity (Wildman–Crippen MR) is 96.2 cm³/mol. The highest BCUT2D eigenvalue weighted by molar-refractivity contribution is 7.89. The zero-order valence-electron chi connectivity index (χ0n) is 14.7. The number of sulfonamides is 1. The van der Waals surface area contributed by atoms with Crippen molar-refractivity contribution >= 4 is 10.0 Å². The number of methoxy groups -OCH3 is 1. The molecule has 1 N–H and O–H groups in total. The van der Waals surface area contributed by atoms with Gasteiger partial charge in [0.25, 0.3) is 0 Å². The highest BCUT2D eigenvalue weighted by Gasteiger charge is 2.18. The number of nitrogens with zero attached hydrogens (tertiary/aromatic N) is 2. The summed E-state index contributed by atoms with van der Waals surface area (Å²) >= 11 is 0. The van der Waals surface area contributed by atoms with E-state index in [2.05, 4.69) is 14.9 Å². The molecule has 0 atom stereocenters. The quantitative estimate of drug-likeness (QED) is 0.714. The minimum Gasteiger partial charge on any atom is -0.497 e. The summed E-state index contributed by atoms with van der Waals surface area (Å²) in [6.45, 7) is 3.51. The normalized spacial score (nSPS) is 11.5. The van der Waals surface area contributed by atoms with Crippen LogP contribution in [-0.4, -0.2) is 25.7 Å². The maximum Gasteiger partial charge on any atom is 0.247 e. The number of hydrogen-bond acceptors (Lipinski definition) is 6. The first-order valence-electron chi connectivity index (χ1n) is 7.93. The van der Waals surface area contributed by atoms with Crippen LogP contribution in [0.25, 0.3) is 11.5 Å². The van der Waals surface area contributed by atoms with Gasteiger partial charge < -0.3 is 9.15 Å². The first-order chi connectivity index (χ1) is 12.4. The molecule has 0 spiro atoms. The zero-order chi connectivity index (χ0) is 18.7. The number of aryl methyl sites for hydroxylation is 2. The summed E-state index contributed by atoms with van der Waals surface area (Å²) < 4.78 is 38.3. The molecule has 0 aliphatic rings. The summed E-state index contributed by atoms with van der Waals surface area (Å²) in [7, 11) is -2.11. The van der Waals surface area contributed by atoms with E-state index in [1.54, 1.807) is 50.4 Å². The Hall–Kier alpha value is -2.71. The van der Waals surface area contributed by atoms with Crippen molar-refractivity contribution in [3.05, 3.63) is 59.5 Å². The summed E-state index contributed by atoms with van der Waals surface area (Å²) in [6, 6.07) is 12.5. The van der Waals surface area contributed by atoms with Crippen molar-refractivity contribution in [3.63, 3.8) is 0 Å². The van der Waals surface area contributed by atoms with Gasteiger partial charge in [0.2, 0.25) is 21.8 Å². The molecule has 0 amide bonds. The molecule has 0 saturated carbocycles. The van der Waals surface area contributed by atoms with E-state index in [1.165, 1.54) is 0 Å². The Morgan fingerprint density at radius 3 is 2.69 bits per heavy atom. The maximum atomic E-state index is 12.5. The molecule has 1 aromatic heterocycles. The second-order valence-electron chi connectivity index (χ2n) is 5.83. The Bertz CT molecular complexity index is 1030. The second-order valence-corrected chi connectivity index (χ2v) is 7.56. The molecular formula is C18H19N3O4S. The SMILES string of the molecule is COc1cccc(-c2nnc(CNS(=O)(=O)c3cc(C)ccc3C)o2)c1. The fourth-order valence-electron chi connectivity index (χ4n) is 2.43. The average Bonchev–Trinajstić information content (AvgIpc) is 3.11. The molecule has 26 heavy (non-hydrogen) atoms. The fourth-order valence-corrected chi connectivity index (χ4v) is 3.73. The van der Waals surface area contributed by atoms with Gasteiger partial charge >= 0.3 is 0 Å². The Morgan fingerprint density at radius 1 is 1.12 bits per heavy atom. The van der Waals surface area contributed by atoms with Crippen molar-refractivity contribution in [2.24, 2.45) is 0 Å². The zero-order valence-corrected chi connectivity index (χ0v) is 15.5. The van der Waals surface area contributed by atoms with E-state index in [-0.39, 0.29) is 17.3 Å². The number of aromatic nitrogens is 2. The van der Waals surface area contributed by atoms with E-state index in [0.717, 1.165) is 5.56 Å². The fraction of sp³-hybridized carbons (Fsp3) is 0.222. The molecule has 0 bridgehead atoms. The lowest BCUT2D eigenvalue weighted by Gasteiger charge is -2.08. The van der Waals surface area contributed by atoms with Crippen LogP contribution in [0.2, 0.25) is 0 Å². The van der Waals surface area contributed by atoms with Gasteiger partial charge in [0, 0.05) is 5.56 Å². The Balaban J connectivity index is 1.76. The molecule has 0 radical (unpaired) electrons. The third-order valence-electron chi connectivity index (χ3n) is 3.83. The van der Waals surface area contributed by atoms with E-state index in [4.69, 9.17) is 9.15 Å². The van der Waals surface area contributed by atoms with Gasteiger partial charge in [-0.3, -0.25) is 0 Å². The third kappa shape index (κ3) is 3.92. The Kier molecular flexibility index (Phi) is 5.06. The van der Waals surface area contributed by atoms with E-state index < -0.39 is 10.0 Å². The van der Waals surface area contributed by atoms with Gasteiger partial charge in [-0.25, -0.2) is 13.1 Å². The molecule has 8 heteroatoms. The lowest BCUT2D eigenvalue weighted by Crippen LogP contribution is -2.24. The van der Waals surface area contributed by atoms with Gasteiger partial charge in [-0.1, -0.05) is 18.2 Å². The first-order valence-corrected chi connectivity index (χ1v) is 9.41. The Labute approximate surface area is 152 Å². The molecule has 3 aromatic rings. The van der Waals surface area contributed by atoms with Crippen LogP contribution >= 0.6 is 0 Å². The first kappa shape index (κ1) is 18.1. The molecule has 0 saturated heterocycles. The molecule has 0 fully saturated rings. The van der Waals surface area contributed by atoms with Gasteiger partial charge in [0.15, 0.2) is 0 Å². The van der Waals surface area contributed by atoms with Crippen LogP contribution in [0.1, 0.15) is 17.0 Å². The van der Waals surface area contributed by atoms with Crippen molar-refractivity contribution in [3.8, 4) is 17.2 Å². The number of nitrogens with one attached hydrogen (secondary N) is 1. The maximum absolute atomic E-state index is 12.5. The molecule has 136 valence electrons. The van der Waals surface area contributed by atoms with Crippen molar-refractivity contribution < 1.29 is 17.6 Å². The van der Waals surface area contributed by atoms with Gasteiger partial charge in [0.05, 0.1) is 18.6 Å². The number of benzene rings is 2. The summed E-state index contributed by atoms with van der Waals surface area (Å²) in [5.74, 6) is 1.14. The van der Waals surface area contributed by atoms with E-state index in [1.807, 2.05) is 13.0 Å². The summed E-state index contributed by atoms with van der Waals surface area (Å²) in [5, 5.41) is 7.86. The van der Waals surface area contributed by atoms with Crippen LogP contribution in [-0.2, 0) is 16.6 Å². The van der Waals surface area contributed by atoms with Crippen LogP contribution in [0.5, 0.6) is 5.75 Å². The van der Waals surface area contributed by atoms with Crippen molar-refractivity contribution in [1.29, 1.82) is 0 Å². The lowest BCUT2D eigenvalue weighted by atomic mass is 10.2. The van der Waals surface area contributed by atoms with E-state index in [0.29, 0.717) is 22.8 Å². The van der Waals surface area contributed by atoms with Gasteiger partial charge in [-0.15, -0.1) is 10.2 Å². The highest BCUT2D eigenvalue weighted by atomic mass is 32.2. The van der Waals surface area contributed by atoms with Gasteiger partial charge in [-0.2, -0.15) is 0 Å². The standard InChI is InChI=1S/C18H19N3O4S/c1-12-7-8-13(2)16(9-12)26(22,23)19-11-17-20-21-18(25-17)14-5-4-6-15(10-14)24-3/h4-10,19H,11H2,1-3H3. The largest absolute Gasteiger partial charge is 0.497 e. The van der Waals surface area contributed by atoms with Crippen LogP contribution in [0, 0.1) is 13.8 Å². The van der Waals surface area contributed by atoms with Crippen LogP contribution in [0.15, 0.2) is 51.8 Å². The third-order valence-corrected chi connectivity index (χ3v) is 5.37. The molecular weight excluding hydrogens is 354 g/mol. The monoisotopic (exact) mass is 373 g/mol. The summed E-state index contributed by atoms with van der Waals surface area (Å²) in [6.07, 6.45) is 0. The summed E-state index contributed by atoms with van der Waals surface area (Å²) in [5.41, 5.74) is 2.24. The lowest BCUT2D eigenvalue weighted by molar-refractivity contribution is 0.414. The van der Waals surface area contributed by atoms with Crippen molar-refractivity contribution in [2.75, 3.05) is 7.11 Å². The molecule has 0 aliphatic carbocycles. The molecule has 0 unspecified atom stereocenters. The minimum atomic E-state index is -3.68. The van der Waals surface area contributed by atoms with Crippen molar-refractivity contribution in [2.45, 2.75) is 25.3 Å². The van der Waals surface area contributed by atoms with E-state index >= 15 is 0 Å². The van der Waals surface area contributed by atoms with Gasteiger partial charge in [0.1, 0.15) is 5.75 Å². The molecule has 1 heterocycles.